The first-order chi connectivity index (χ1) is 13.0. The molecule has 0 atom stereocenters. The van der Waals surface area contributed by atoms with E-state index >= 15 is 0 Å². The molecule has 3 aromatic rings. The van der Waals surface area contributed by atoms with E-state index < -0.39 is 0 Å². The topological polar surface area (TPSA) is 56.1 Å². The number of halogens is 2. The molecule has 5 nitrogen and oxygen atoms in total. The number of benzene rings is 2. The smallest absolute Gasteiger partial charge is 0.251 e. The van der Waals surface area contributed by atoms with Gasteiger partial charge in [0.05, 0.1) is 11.2 Å². The van der Waals surface area contributed by atoms with E-state index in [1.54, 1.807) is 41.2 Å². The number of aryl methyl sites for hydroxylation is 1. The molecule has 0 aliphatic heterocycles. The molecule has 7 heteroatoms. The third-order valence-corrected chi connectivity index (χ3v) is 5.08. The van der Waals surface area contributed by atoms with E-state index in [9.17, 15) is 4.79 Å². The lowest BCUT2D eigenvalue weighted by Gasteiger charge is -2.10. The number of carbonyl (C=O) groups is 1. The molecule has 0 bridgehead atoms. The Balaban J connectivity index is 1.63. The zero-order chi connectivity index (χ0) is 19.4. The number of aromatic nitrogens is 2. The zero-order valence-electron chi connectivity index (χ0n) is 15.0. The third-order valence-electron chi connectivity index (χ3n) is 4.28. The van der Waals surface area contributed by atoms with Crippen LogP contribution in [0, 0.1) is 6.92 Å². The van der Waals surface area contributed by atoms with Gasteiger partial charge in [-0.05, 0) is 36.8 Å². The molecule has 0 spiro atoms. The Bertz CT molecular complexity index is 970. The van der Waals surface area contributed by atoms with Crippen molar-refractivity contribution < 1.29 is 9.53 Å². The fourth-order valence-corrected chi connectivity index (χ4v) is 2.90. The number of nitrogens with zero attached hydrogens (tertiary/aromatic N) is 2. The number of rotatable bonds is 6. The first kappa shape index (κ1) is 19.3. The van der Waals surface area contributed by atoms with Gasteiger partial charge in [0.1, 0.15) is 17.4 Å². The molecule has 0 unspecified atom stereocenters. The maximum Gasteiger partial charge on any atom is 0.251 e. The first-order valence-corrected chi connectivity index (χ1v) is 9.12. The molecular weight excluding hydrogens is 385 g/mol. The van der Waals surface area contributed by atoms with E-state index in [0.717, 1.165) is 16.8 Å². The number of hydrogen-bond acceptors (Lipinski definition) is 3. The summed E-state index contributed by atoms with van der Waals surface area (Å²) < 4.78 is 7.51. The summed E-state index contributed by atoms with van der Waals surface area (Å²) in [5.41, 5.74) is 3.43. The van der Waals surface area contributed by atoms with E-state index in [1.165, 1.54) is 0 Å². The molecule has 27 heavy (non-hydrogen) atoms. The van der Waals surface area contributed by atoms with Crippen molar-refractivity contribution in [3.8, 4) is 5.75 Å². The lowest BCUT2D eigenvalue weighted by Crippen LogP contribution is -2.23. The Labute approximate surface area is 167 Å². The van der Waals surface area contributed by atoms with Gasteiger partial charge in [0, 0.05) is 30.4 Å². The largest absolute Gasteiger partial charge is 0.487 e. The summed E-state index contributed by atoms with van der Waals surface area (Å²) in [6.07, 6.45) is 1.76. The van der Waals surface area contributed by atoms with Crippen LogP contribution >= 0.6 is 23.2 Å². The Morgan fingerprint density at radius 2 is 2.00 bits per heavy atom. The molecule has 3 rings (SSSR count). The van der Waals surface area contributed by atoms with Gasteiger partial charge in [0.2, 0.25) is 0 Å². The van der Waals surface area contributed by atoms with Gasteiger partial charge in [-0.15, -0.1) is 0 Å². The van der Waals surface area contributed by atoms with Crippen molar-refractivity contribution in [2.24, 2.45) is 7.05 Å². The number of hydrogen-bond donors (Lipinski definition) is 1. The second kappa shape index (κ2) is 8.46. The predicted octanol–water partition coefficient (Wildman–Crippen LogP) is 4.54. The van der Waals surface area contributed by atoms with Crippen LogP contribution in [0.4, 0.5) is 0 Å². The fourth-order valence-electron chi connectivity index (χ4n) is 2.55. The molecular formula is C20H19Cl2N3O2. The summed E-state index contributed by atoms with van der Waals surface area (Å²) >= 11 is 12.1. The Morgan fingerprint density at radius 1 is 1.22 bits per heavy atom. The summed E-state index contributed by atoms with van der Waals surface area (Å²) in [7, 11) is 1.87. The second-order valence-corrected chi connectivity index (χ2v) is 6.89. The van der Waals surface area contributed by atoms with Crippen LogP contribution in [-0.4, -0.2) is 15.7 Å². The number of nitrogens with one attached hydrogen (secondary N) is 1. The quantitative estimate of drug-likeness (QED) is 0.656. The van der Waals surface area contributed by atoms with Gasteiger partial charge in [-0.25, -0.2) is 0 Å². The average Bonchev–Trinajstić information content (AvgIpc) is 2.99. The Hall–Kier alpha value is -2.50. The molecule has 2 aromatic carbocycles. The zero-order valence-corrected chi connectivity index (χ0v) is 16.5. The average molecular weight is 404 g/mol. The Morgan fingerprint density at radius 3 is 2.74 bits per heavy atom. The maximum absolute atomic E-state index is 12.4. The maximum atomic E-state index is 12.4. The summed E-state index contributed by atoms with van der Waals surface area (Å²) in [6.45, 7) is 2.67. The highest BCUT2D eigenvalue weighted by molar-refractivity contribution is 6.42. The lowest BCUT2D eigenvalue weighted by atomic mass is 10.1. The number of carbonyl (C=O) groups excluding carboxylic acids is 1. The lowest BCUT2D eigenvalue weighted by molar-refractivity contribution is 0.0950. The van der Waals surface area contributed by atoms with Gasteiger partial charge in [-0.3, -0.25) is 9.48 Å². The van der Waals surface area contributed by atoms with Crippen LogP contribution in [0.25, 0.3) is 0 Å². The SMILES string of the molecule is Cc1c(CNC(=O)c2cccc(COc3cccc(Cl)c3Cl)c2)cnn1C. The predicted molar refractivity (Wildman–Crippen MR) is 106 cm³/mol. The molecule has 0 saturated carbocycles. The van der Waals surface area contributed by atoms with Crippen molar-refractivity contribution in [3.63, 3.8) is 0 Å². The third kappa shape index (κ3) is 4.62. The normalized spacial score (nSPS) is 10.7. The molecule has 0 aliphatic rings. The number of ether oxygens (including phenoxy) is 1. The van der Waals surface area contributed by atoms with Crippen molar-refractivity contribution in [3.05, 3.63) is 81.1 Å². The molecule has 140 valence electrons. The molecule has 1 N–H and O–H groups in total. The summed E-state index contributed by atoms with van der Waals surface area (Å²) in [6, 6.07) is 12.5. The van der Waals surface area contributed by atoms with E-state index in [-0.39, 0.29) is 12.5 Å². The van der Waals surface area contributed by atoms with Crippen molar-refractivity contribution in [1.82, 2.24) is 15.1 Å². The van der Waals surface area contributed by atoms with Crippen molar-refractivity contribution >= 4 is 29.1 Å². The highest BCUT2D eigenvalue weighted by atomic mass is 35.5. The van der Waals surface area contributed by atoms with Crippen LogP contribution in [0.15, 0.2) is 48.7 Å². The molecule has 1 aromatic heterocycles. The van der Waals surface area contributed by atoms with Crippen LogP contribution in [0.5, 0.6) is 5.75 Å². The minimum Gasteiger partial charge on any atom is -0.487 e. The molecule has 1 heterocycles. The van der Waals surface area contributed by atoms with Gasteiger partial charge in [-0.1, -0.05) is 41.4 Å². The summed E-state index contributed by atoms with van der Waals surface area (Å²) in [5, 5.41) is 7.90. The number of amides is 1. The van der Waals surface area contributed by atoms with Crippen LogP contribution in [-0.2, 0) is 20.2 Å². The van der Waals surface area contributed by atoms with Crippen LogP contribution in [0.1, 0.15) is 27.2 Å². The first-order valence-electron chi connectivity index (χ1n) is 8.37. The minimum absolute atomic E-state index is 0.152. The Kier molecular flexibility index (Phi) is 6.04. The van der Waals surface area contributed by atoms with Gasteiger partial charge < -0.3 is 10.1 Å². The monoisotopic (exact) mass is 403 g/mol. The van der Waals surface area contributed by atoms with Gasteiger partial charge in [-0.2, -0.15) is 5.10 Å². The standard InChI is InChI=1S/C20H19Cl2N3O2/c1-13-16(11-24-25(13)2)10-23-20(26)15-6-3-5-14(9-15)12-27-18-8-4-7-17(21)19(18)22/h3-9,11H,10,12H2,1-2H3,(H,23,26). The molecule has 0 aliphatic carbocycles. The van der Waals surface area contributed by atoms with Crippen molar-refractivity contribution in [2.45, 2.75) is 20.1 Å². The van der Waals surface area contributed by atoms with Crippen molar-refractivity contribution in [1.29, 1.82) is 0 Å². The van der Waals surface area contributed by atoms with E-state index in [4.69, 9.17) is 27.9 Å². The van der Waals surface area contributed by atoms with Gasteiger partial charge in [0.15, 0.2) is 0 Å². The highest BCUT2D eigenvalue weighted by Crippen LogP contribution is 2.31. The molecule has 1 amide bonds. The van der Waals surface area contributed by atoms with Crippen LogP contribution < -0.4 is 10.1 Å². The van der Waals surface area contributed by atoms with E-state index in [2.05, 4.69) is 10.4 Å². The summed E-state index contributed by atoms with van der Waals surface area (Å²) in [4.78, 5) is 12.4. The fraction of sp³-hybridized carbons (Fsp3) is 0.200. The molecule has 0 saturated heterocycles. The van der Waals surface area contributed by atoms with E-state index in [0.29, 0.717) is 27.9 Å². The molecule has 0 radical (unpaired) electrons. The minimum atomic E-state index is -0.152. The van der Waals surface area contributed by atoms with Crippen LogP contribution in [0.2, 0.25) is 10.0 Å². The molecule has 0 fully saturated rings. The van der Waals surface area contributed by atoms with Crippen LogP contribution in [0.3, 0.4) is 0 Å². The second-order valence-electron chi connectivity index (χ2n) is 6.10. The van der Waals surface area contributed by atoms with E-state index in [1.807, 2.05) is 26.1 Å². The summed E-state index contributed by atoms with van der Waals surface area (Å²) in [5.74, 6) is 0.354. The highest BCUT2D eigenvalue weighted by Gasteiger charge is 2.10. The van der Waals surface area contributed by atoms with Gasteiger partial charge >= 0.3 is 0 Å². The van der Waals surface area contributed by atoms with Gasteiger partial charge in [0.25, 0.3) is 5.91 Å². The van der Waals surface area contributed by atoms with Crippen molar-refractivity contribution in [2.75, 3.05) is 0 Å².